The number of carbonyl (C=O) groups excluding carboxylic acids is 1. The molecule has 0 saturated carbocycles. The molecule has 2 aliphatic rings. The SMILES string of the molecule is COc1ccc(CCN2COc3ccc4c(c3C2)O/C(=C\c2ccc(N(C)C)cc2)C4=O)cc1OC. The van der Waals surface area contributed by atoms with E-state index in [-0.39, 0.29) is 5.78 Å². The van der Waals surface area contributed by atoms with Gasteiger partial charge in [0.15, 0.2) is 17.3 Å². The van der Waals surface area contributed by atoms with Gasteiger partial charge in [-0.05, 0) is 60.0 Å². The van der Waals surface area contributed by atoms with Crippen molar-refractivity contribution in [1.82, 2.24) is 4.90 Å². The lowest BCUT2D eigenvalue weighted by Crippen LogP contribution is -2.33. The third-order valence-corrected chi connectivity index (χ3v) is 6.55. The van der Waals surface area contributed by atoms with Crippen LogP contribution in [-0.2, 0) is 13.0 Å². The Morgan fingerprint density at radius 1 is 1.00 bits per heavy atom. The number of carbonyl (C=O) groups is 1. The molecule has 36 heavy (non-hydrogen) atoms. The maximum absolute atomic E-state index is 13.1. The fraction of sp³-hybridized carbons (Fsp3) is 0.276. The van der Waals surface area contributed by atoms with Gasteiger partial charge in [-0.1, -0.05) is 18.2 Å². The third-order valence-electron chi connectivity index (χ3n) is 6.55. The fourth-order valence-corrected chi connectivity index (χ4v) is 4.49. The second-order valence-corrected chi connectivity index (χ2v) is 9.11. The summed E-state index contributed by atoms with van der Waals surface area (Å²) in [6, 6.07) is 17.6. The normalized spacial score (nSPS) is 15.7. The maximum Gasteiger partial charge on any atom is 0.231 e. The molecule has 0 spiro atoms. The van der Waals surface area contributed by atoms with Crippen molar-refractivity contribution in [3.8, 4) is 23.0 Å². The smallest absolute Gasteiger partial charge is 0.231 e. The van der Waals surface area contributed by atoms with Crippen molar-refractivity contribution in [3.63, 3.8) is 0 Å². The molecule has 7 nitrogen and oxygen atoms in total. The Morgan fingerprint density at radius 2 is 1.78 bits per heavy atom. The van der Waals surface area contributed by atoms with Crippen LogP contribution in [0.25, 0.3) is 6.08 Å². The molecule has 2 heterocycles. The first-order valence-corrected chi connectivity index (χ1v) is 11.9. The van der Waals surface area contributed by atoms with Gasteiger partial charge >= 0.3 is 0 Å². The summed E-state index contributed by atoms with van der Waals surface area (Å²) < 4.78 is 22.9. The van der Waals surface area contributed by atoms with E-state index < -0.39 is 0 Å². The van der Waals surface area contributed by atoms with Crippen LogP contribution in [0.2, 0.25) is 0 Å². The molecule has 3 aromatic carbocycles. The van der Waals surface area contributed by atoms with Crippen LogP contribution in [0.5, 0.6) is 23.0 Å². The van der Waals surface area contributed by atoms with Crippen LogP contribution < -0.4 is 23.8 Å². The number of ether oxygens (including phenoxy) is 4. The highest BCUT2D eigenvalue weighted by Gasteiger charge is 2.33. The Kier molecular flexibility index (Phi) is 6.57. The number of allylic oxidation sites excluding steroid dienone is 1. The van der Waals surface area contributed by atoms with E-state index in [1.807, 2.05) is 67.5 Å². The van der Waals surface area contributed by atoms with E-state index in [2.05, 4.69) is 4.90 Å². The number of benzene rings is 3. The van der Waals surface area contributed by atoms with Crippen molar-refractivity contribution in [3.05, 3.63) is 82.6 Å². The molecule has 0 aromatic heterocycles. The van der Waals surface area contributed by atoms with Crippen LogP contribution in [0.4, 0.5) is 5.69 Å². The highest BCUT2D eigenvalue weighted by atomic mass is 16.5. The highest BCUT2D eigenvalue weighted by molar-refractivity contribution is 6.15. The van der Waals surface area contributed by atoms with E-state index in [1.165, 1.54) is 0 Å². The van der Waals surface area contributed by atoms with Crippen LogP contribution in [0.3, 0.4) is 0 Å². The van der Waals surface area contributed by atoms with Gasteiger partial charge in [-0.15, -0.1) is 0 Å². The average Bonchev–Trinajstić information content (AvgIpc) is 3.22. The molecule has 0 bridgehead atoms. The van der Waals surface area contributed by atoms with Gasteiger partial charge in [0.2, 0.25) is 5.78 Å². The Labute approximate surface area is 211 Å². The summed E-state index contributed by atoms with van der Waals surface area (Å²) in [6.45, 7) is 1.91. The molecule has 5 rings (SSSR count). The zero-order chi connectivity index (χ0) is 25.2. The Hall–Kier alpha value is -3.97. The standard InChI is InChI=1S/C29H30N2O5/c1-30(2)21-8-5-19(6-9-21)16-27-28(32)22-10-12-24-23(29(22)36-27)17-31(18-35-24)14-13-20-7-11-25(33-3)26(15-20)34-4/h5-12,15-16H,13-14,17-18H2,1-4H3/b27-16-. The molecule has 0 radical (unpaired) electrons. The van der Waals surface area contributed by atoms with Crippen LogP contribution >= 0.6 is 0 Å². The molecule has 7 heteroatoms. The van der Waals surface area contributed by atoms with Gasteiger partial charge in [0.05, 0.1) is 25.3 Å². The number of hydrogen-bond acceptors (Lipinski definition) is 7. The summed E-state index contributed by atoms with van der Waals surface area (Å²) in [7, 11) is 7.26. The zero-order valence-electron chi connectivity index (χ0n) is 21.0. The van der Waals surface area contributed by atoms with E-state index in [0.717, 1.165) is 46.8 Å². The van der Waals surface area contributed by atoms with E-state index in [4.69, 9.17) is 18.9 Å². The molecule has 0 N–H and O–H groups in total. The first kappa shape index (κ1) is 23.8. The van der Waals surface area contributed by atoms with Gasteiger partial charge in [-0.2, -0.15) is 0 Å². The number of nitrogens with zero attached hydrogens (tertiary/aromatic N) is 2. The van der Waals surface area contributed by atoms with Gasteiger partial charge in [0.25, 0.3) is 0 Å². The Bertz CT molecular complexity index is 1310. The van der Waals surface area contributed by atoms with Crippen molar-refractivity contribution in [1.29, 1.82) is 0 Å². The second kappa shape index (κ2) is 9.95. The van der Waals surface area contributed by atoms with Crippen LogP contribution in [0, 0.1) is 0 Å². The summed E-state index contributed by atoms with van der Waals surface area (Å²) >= 11 is 0. The number of anilines is 1. The maximum atomic E-state index is 13.1. The van der Waals surface area contributed by atoms with Gasteiger partial charge in [0.1, 0.15) is 18.2 Å². The van der Waals surface area contributed by atoms with Crippen molar-refractivity contribution in [2.45, 2.75) is 13.0 Å². The molecule has 0 amide bonds. The van der Waals surface area contributed by atoms with Crippen molar-refractivity contribution in [2.75, 3.05) is 46.5 Å². The van der Waals surface area contributed by atoms with E-state index in [1.54, 1.807) is 26.4 Å². The van der Waals surface area contributed by atoms with E-state index >= 15 is 0 Å². The summed E-state index contributed by atoms with van der Waals surface area (Å²) in [5.41, 5.74) is 4.65. The minimum Gasteiger partial charge on any atom is -0.493 e. The molecule has 0 fully saturated rings. The van der Waals surface area contributed by atoms with E-state index in [0.29, 0.717) is 36.1 Å². The van der Waals surface area contributed by atoms with Crippen LogP contribution in [0.15, 0.2) is 60.4 Å². The predicted octanol–water partition coefficient (Wildman–Crippen LogP) is 4.78. The number of methoxy groups -OCH3 is 2. The minimum atomic E-state index is -0.105. The molecule has 3 aromatic rings. The molecular weight excluding hydrogens is 456 g/mol. The largest absolute Gasteiger partial charge is 0.493 e. The van der Waals surface area contributed by atoms with Crippen molar-refractivity contribution >= 4 is 17.5 Å². The van der Waals surface area contributed by atoms with Gasteiger partial charge < -0.3 is 23.8 Å². The van der Waals surface area contributed by atoms with Crippen LogP contribution in [-0.4, -0.2) is 52.3 Å². The second-order valence-electron chi connectivity index (χ2n) is 9.11. The minimum absolute atomic E-state index is 0.105. The first-order valence-electron chi connectivity index (χ1n) is 11.9. The fourth-order valence-electron chi connectivity index (χ4n) is 4.49. The molecule has 0 aliphatic carbocycles. The van der Waals surface area contributed by atoms with Gasteiger partial charge in [-0.25, -0.2) is 0 Å². The van der Waals surface area contributed by atoms with Crippen molar-refractivity contribution < 1.29 is 23.7 Å². The van der Waals surface area contributed by atoms with Crippen LogP contribution in [0.1, 0.15) is 27.0 Å². The van der Waals surface area contributed by atoms with E-state index in [9.17, 15) is 4.79 Å². The molecule has 2 aliphatic heterocycles. The van der Waals surface area contributed by atoms with Gasteiger partial charge in [-0.3, -0.25) is 9.69 Å². The molecule has 0 saturated heterocycles. The number of fused-ring (bicyclic) bond motifs is 3. The number of hydrogen-bond donors (Lipinski definition) is 0. The Morgan fingerprint density at radius 3 is 2.50 bits per heavy atom. The summed E-state index contributed by atoms with van der Waals surface area (Å²) in [6.07, 6.45) is 2.62. The predicted molar refractivity (Wildman–Crippen MR) is 139 cm³/mol. The lowest BCUT2D eigenvalue weighted by Gasteiger charge is -2.29. The summed E-state index contributed by atoms with van der Waals surface area (Å²) in [5.74, 6) is 3.03. The zero-order valence-corrected chi connectivity index (χ0v) is 21.0. The number of ketones is 1. The highest BCUT2D eigenvalue weighted by Crippen LogP contribution is 2.42. The first-order chi connectivity index (χ1) is 17.5. The summed E-state index contributed by atoms with van der Waals surface area (Å²) in [4.78, 5) is 17.3. The lowest BCUT2D eigenvalue weighted by molar-refractivity contribution is 0.0949. The van der Waals surface area contributed by atoms with Crippen molar-refractivity contribution in [2.24, 2.45) is 0 Å². The topological polar surface area (TPSA) is 60.5 Å². The molecule has 0 atom stereocenters. The molecule has 0 unspecified atom stereocenters. The number of rotatable bonds is 7. The quantitative estimate of drug-likeness (QED) is 0.446. The van der Waals surface area contributed by atoms with Gasteiger partial charge in [0, 0.05) is 32.9 Å². The molecule has 186 valence electrons. The average molecular weight is 487 g/mol. The number of Topliss-reactive ketones (excluding diaryl/α,β-unsaturated/α-hetero) is 1. The summed E-state index contributed by atoms with van der Waals surface area (Å²) in [5, 5.41) is 0. The monoisotopic (exact) mass is 486 g/mol. The Balaban J connectivity index is 1.31. The molecular formula is C29H30N2O5. The third kappa shape index (κ3) is 4.62. The lowest BCUT2D eigenvalue weighted by atomic mass is 10.0.